The monoisotopic (exact) mass is 371 g/mol. The lowest BCUT2D eigenvalue weighted by Crippen LogP contribution is -2.37. The number of carbonyl (C=O) groups excluding carboxylic acids is 1. The highest BCUT2D eigenvalue weighted by Crippen LogP contribution is 2.19. The topological polar surface area (TPSA) is 74.0 Å². The summed E-state index contributed by atoms with van der Waals surface area (Å²) in [7, 11) is 0. The van der Waals surface area contributed by atoms with E-state index in [1.807, 2.05) is 11.0 Å². The summed E-state index contributed by atoms with van der Waals surface area (Å²) in [6.07, 6.45) is 4.74. The normalized spacial score (nSPS) is 20.6. The molecule has 2 aliphatic heterocycles. The van der Waals surface area contributed by atoms with Gasteiger partial charge in [-0.1, -0.05) is 31.2 Å². The summed E-state index contributed by atoms with van der Waals surface area (Å²) in [5.74, 6) is 0.726. The Morgan fingerprint density at radius 1 is 1.30 bits per heavy atom. The van der Waals surface area contributed by atoms with Crippen molar-refractivity contribution in [2.75, 3.05) is 32.7 Å². The van der Waals surface area contributed by atoms with E-state index >= 15 is 0 Å². The lowest BCUT2D eigenvalue weighted by Gasteiger charge is -2.29. The van der Waals surface area contributed by atoms with Crippen molar-refractivity contribution in [3.63, 3.8) is 0 Å². The number of hydrogen-bond acceptors (Lipinski definition) is 3. The number of fused-ring (bicyclic) bond motifs is 1. The molecule has 0 saturated carbocycles. The molecule has 148 valence electrons. The average Bonchev–Trinajstić information content (AvgIpc) is 3.16. The van der Waals surface area contributed by atoms with Crippen LogP contribution in [0.25, 0.3) is 0 Å². The third-order valence-corrected chi connectivity index (χ3v) is 5.73. The number of rotatable bonds is 7. The molecule has 1 amide bonds. The van der Waals surface area contributed by atoms with E-state index in [4.69, 9.17) is 5.73 Å². The minimum absolute atomic E-state index is 0.228. The van der Waals surface area contributed by atoms with Crippen LogP contribution in [0.3, 0.4) is 0 Å². The Bertz CT molecular complexity index is 660. The van der Waals surface area contributed by atoms with Crippen molar-refractivity contribution in [2.45, 2.75) is 51.6 Å². The average molecular weight is 372 g/mol. The minimum Gasteiger partial charge on any atom is -0.370 e. The lowest BCUT2D eigenvalue weighted by atomic mass is 9.99. The number of nitrogens with two attached hydrogens (primary N) is 1. The molecule has 3 N–H and O–H groups in total. The fourth-order valence-electron chi connectivity index (χ4n) is 4.10. The summed E-state index contributed by atoms with van der Waals surface area (Å²) in [6, 6.07) is 8.93. The number of carbonyl (C=O) groups is 1. The number of aliphatic imine (C=N–C) groups is 1. The van der Waals surface area contributed by atoms with E-state index in [1.165, 1.54) is 30.5 Å². The second kappa shape index (κ2) is 9.74. The number of benzene rings is 1. The summed E-state index contributed by atoms with van der Waals surface area (Å²) < 4.78 is 0. The van der Waals surface area contributed by atoms with Crippen LogP contribution in [0.15, 0.2) is 29.3 Å². The molecule has 2 heterocycles. The van der Waals surface area contributed by atoms with Gasteiger partial charge in [-0.15, -0.1) is 0 Å². The van der Waals surface area contributed by atoms with Gasteiger partial charge < -0.3 is 16.0 Å². The van der Waals surface area contributed by atoms with Crippen LogP contribution in [0.2, 0.25) is 0 Å². The van der Waals surface area contributed by atoms with Crippen molar-refractivity contribution in [1.82, 2.24) is 15.1 Å². The second-order valence-electron chi connectivity index (χ2n) is 7.51. The van der Waals surface area contributed by atoms with Gasteiger partial charge >= 0.3 is 0 Å². The molecule has 0 aromatic heterocycles. The number of nitrogens with zero attached hydrogens (tertiary/aromatic N) is 3. The molecule has 0 spiro atoms. The van der Waals surface area contributed by atoms with Crippen molar-refractivity contribution in [2.24, 2.45) is 10.7 Å². The van der Waals surface area contributed by atoms with Gasteiger partial charge in [-0.05, 0) is 49.9 Å². The molecule has 1 unspecified atom stereocenters. The summed E-state index contributed by atoms with van der Waals surface area (Å²) in [5, 5.41) is 3.15. The number of hydrogen-bond donors (Lipinski definition) is 2. The SMILES string of the molecule is CCN1CCCC1CN=C(N)NCCCC(=O)N1CCc2ccccc2C1. The Morgan fingerprint density at radius 3 is 2.93 bits per heavy atom. The third kappa shape index (κ3) is 5.45. The molecule has 2 aliphatic rings. The highest BCUT2D eigenvalue weighted by atomic mass is 16.2. The zero-order valence-electron chi connectivity index (χ0n) is 16.5. The molecule has 3 rings (SSSR count). The summed E-state index contributed by atoms with van der Waals surface area (Å²) >= 11 is 0. The van der Waals surface area contributed by atoms with Crippen LogP contribution in [0.1, 0.15) is 43.7 Å². The van der Waals surface area contributed by atoms with Crippen LogP contribution in [0.4, 0.5) is 0 Å². The molecular weight excluding hydrogens is 338 g/mol. The van der Waals surface area contributed by atoms with Crippen molar-refractivity contribution in [1.29, 1.82) is 0 Å². The smallest absolute Gasteiger partial charge is 0.222 e. The van der Waals surface area contributed by atoms with E-state index in [2.05, 4.69) is 40.3 Å². The van der Waals surface area contributed by atoms with Crippen LogP contribution >= 0.6 is 0 Å². The maximum absolute atomic E-state index is 12.5. The highest BCUT2D eigenvalue weighted by molar-refractivity contribution is 5.78. The fraction of sp³-hybridized carbons (Fsp3) is 0.619. The minimum atomic E-state index is 0.228. The van der Waals surface area contributed by atoms with Gasteiger partial charge in [0.05, 0.1) is 6.54 Å². The highest BCUT2D eigenvalue weighted by Gasteiger charge is 2.22. The van der Waals surface area contributed by atoms with Gasteiger partial charge in [-0.25, -0.2) is 0 Å². The fourth-order valence-corrected chi connectivity index (χ4v) is 4.10. The van der Waals surface area contributed by atoms with E-state index in [1.54, 1.807) is 0 Å². The first-order valence-corrected chi connectivity index (χ1v) is 10.3. The van der Waals surface area contributed by atoms with E-state index in [-0.39, 0.29) is 5.91 Å². The Morgan fingerprint density at radius 2 is 2.11 bits per heavy atom. The van der Waals surface area contributed by atoms with Gasteiger partial charge in [-0.2, -0.15) is 0 Å². The van der Waals surface area contributed by atoms with Crippen LogP contribution in [0, 0.1) is 0 Å². The van der Waals surface area contributed by atoms with E-state index in [0.29, 0.717) is 25.0 Å². The molecule has 0 bridgehead atoms. The van der Waals surface area contributed by atoms with E-state index in [0.717, 1.165) is 39.0 Å². The maximum atomic E-state index is 12.5. The molecule has 6 heteroatoms. The molecule has 0 aliphatic carbocycles. The van der Waals surface area contributed by atoms with Crippen molar-refractivity contribution in [3.05, 3.63) is 35.4 Å². The number of nitrogens with one attached hydrogen (secondary N) is 1. The number of likely N-dealkylation sites (tertiary alicyclic amines) is 1. The molecule has 1 fully saturated rings. The Kier molecular flexibility index (Phi) is 7.10. The van der Waals surface area contributed by atoms with Crippen LogP contribution < -0.4 is 11.1 Å². The van der Waals surface area contributed by atoms with Crippen molar-refractivity contribution < 1.29 is 4.79 Å². The summed E-state index contributed by atoms with van der Waals surface area (Å²) in [5.41, 5.74) is 8.63. The molecule has 1 aromatic carbocycles. The Hall–Kier alpha value is -2.08. The van der Waals surface area contributed by atoms with Gasteiger partial charge in [0.25, 0.3) is 0 Å². The van der Waals surface area contributed by atoms with Crippen molar-refractivity contribution >= 4 is 11.9 Å². The van der Waals surface area contributed by atoms with Gasteiger partial charge in [-0.3, -0.25) is 14.7 Å². The van der Waals surface area contributed by atoms with Crippen LogP contribution in [0.5, 0.6) is 0 Å². The van der Waals surface area contributed by atoms with Gasteiger partial charge in [0.1, 0.15) is 0 Å². The molecule has 0 radical (unpaired) electrons. The number of likely N-dealkylation sites (N-methyl/N-ethyl adjacent to an activating group) is 1. The first kappa shape index (κ1) is 19.7. The largest absolute Gasteiger partial charge is 0.370 e. The van der Waals surface area contributed by atoms with Crippen LogP contribution in [-0.4, -0.2) is 60.4 Å². The lowest BCUT2D eigenvalue weighted by molar-refractivity contribution is -0.132. The molecule has 1 atom stereocenters. The number of guanidine groups is 1. The maximum Gasteiger partial charge on any atom is 0.222 e. The van der Waals surface area contributed by atoms with E-state index < -0.39 is 0 Å². The third-order valence-electron chi connectivity index (χ3n) is 5.73. The van der Waals surface area contributed by atoms with Crippen molar-refractivity contribution in [3.8, 4) is 0 Å². The first-order chi connectivity index (χ1) is 13.2. The Balaban J connectivity index is 1.34. The molecule has 27 heavy (non-hydrogen) atoms. The zero-order chi connectivity index (χ0) is 19.1. The molecule has 6 nitrogen and oxygen atoms in total. The molecular formula is C21H33N5O. The van der Waals surface area contributed by atoms with E-state index in [9.17, 15) is 4.79 Å². The molecule has 1 saturated heterocycles. The summed E-state index contributed by atoms with van der Waals surface area (Å²) in [4.78, 5) is 21.4. The standard InChI is InChI=1S/C21H33N5O/c1-2-25-13-6-9-19(25)15-24-21(22)23-12-5-10-20(27)26-14-11-17-7-3-4-8-18(17)16-26/h3-4,7-8,19H,2,5-6,9-16H2,1H3,(H3,22,23,24). The number of amides is 1. The second-order valence-corrected chi connectivity index (χ2v) is 7.51. The molecule has 1 aromatic rings. The Labute approximate surface area is 162 Å². The zero-order valence-corrected chi connectivity index (χ0v) is 16.5. The predicted molar refractivity (Wildman–Crippen MR) is 110 cm³/mol. The van der Waals surface area contributed by atoms with Crippen LogP contribution in [-0.2, 0) is 17.8 Å². The first-order valence-electron chi connectivity index (χ1n) is 10.3. The van der Waals surface area contributed by atoms with Gasteiger partial charge in [0.2, 0.25) is 5.91 Å². The quantitative estimate of drug-likeness (QED) is 0.435. The van der Waals surface area contributed by atoms with Gasteiger partial charge in [0.15, 0.2) is 5.96 Å². The predicted octanol–water partition coefficient (Wildman–Crippen LogP) is 1.74. The summed E-state index contributed by atoms with van der Waals surface area (Å²) in [6.45, 7) is 7.46. The van der Waals surface area contributed by atoms with Gasteiger partial charge in [0, 0.05) is 32.1 Å².